The topological polar surface area (TPSA) is 68.7 Å². The van der Waals surface area contributed by atoms with Gasteiger partial charge in [-0.1, -0.05) is 29.8 Å². The molecule has 2 aromatic heterocycles. The van der Waals surface area contributed by atoms with Crippen molar-refractivity contribution < 1.29 is 9.13 Å². The first kappa shape index (κ1) is 24.8. The predicted octanol–water partition coefficient (Wildman–Crippen LogP) is 5.77. The van der Waals surface area contributed by atoms with E-state index in [4.69, 9.17) is 27.1 Å². The van der Waals surface area contributed by atoms with Crippen molar-refractivity contribution in [3.8, 4) is 17.0 Å². The van der Waals surface area contributed by atoms with Gasteiger partial charge in [-0.25, -0.2) is 13.9 Å². The Hall–Kier alpha value is -2.87. The van der Waals surface area contributed by atoms with E-state index in [2.05, 4.69) is 22.1 Å². The Morgan fingerprint density at radius 1 is 1.17 bits per heavy atom. The van der Waals surface area contributed by atoms with Crippen molar-refractivity contribution in [1.82, 2.24) is 14.6 Å². The van der Waals surface area contributed by atoms with Crippen LogP contribution in [0, 0.1) is 18.2 Å². The number of anilines is 1. The third-order valence-electron chi connectivity index (χ3n) is 7.86. The molecule has 0 radical (unpaired) electrons. The van der Waals surface area contributed by atoms with Crippen molar-refractivity contribution in [3.63, 3.8) is 0 Å². The summed E-state index contributed by atoms with van der Waals surface area (Å²) in [6.07, 6.45) is 4.69. The molecular weight excluding hydrogens is 500 g/mol. The first-order chi connectivity index (χ1) is 16.9. The molecule has 188 valence electrons. The van der Waals surface area contributed by atoms with E-state index in [0.717, 1.165) is 55.1 Å². The zero-order valence-corrected chi connectivity index (χ0v) is 21.7. The average molecular weight is 528 g/mol. The van der Waals surface area contributed by atoms with E-state index in [9.17, 15) is 4.39 Å². The molecule has 1 fully saturated rings. The van der Waals surface area contributed by atoms with Crippen LogP contribution in [0.3, 0.4) is 0 Å². The Labute approximate surface area is 220 Å². The number of piperidine rings is 1. The summed E-state index contributed by atoms with van der Waals surface area (Å²) in [7, 11) is 1.69. The maximum Gasteiger partial charge on any atom is 0.155 e. The first-order valence-electron chi connectivity index (χ1n) is 11.9. The molecule has 1 aliphatic heterocycles. The lowest BCUT2D eigenvalue weighted by molar-refractivity contribution is 0.187. The Bertz CT molecular complexity index is 1450. The van der Waals surface area contributed by atoms with Crippen LogP contribution in [0.25, 0.3) is 16.8 Å². The number of fused-ring (bicyclic) bond motifs is 2. The molecule has 3 heterocycles. The molecule has 1 atom stereocenters. The molecule has 2 aliphatic rings. The summed E-state index contributed by atoms with van der Waals surface area (Å²) in [5.74, 6) is 1.28. The fourth-order valence-corrected chi connectivity index (χ4v) is 6.14. The lowest BCUT2D eigenvalue weighted by atomic mass is 9.73. The Morgan fingerprint density at radius 3 is 2.69 bits per heavy atom. The zero-order chi connectivity index (χ0) is 24.3. The summed E-state index contributed by atoms with van der Waals surface area (Å²) in [4.78, 5) is 7.30. The van der Waals surface area contributed by atoms with Crippen LogP contribution in [0.15, 0.2) is 48.7 Å². The molecular formula is C27H28Cl2FN5O. The number of aryl methyl sites for hydroxylation is 1. The van der Waals surface area contributed by atoms with Gasteiger partial charge in [-0.15, -0.1) is 12.4 Å². The highest BCUT2D eigenvalue weighted by Crippen LogP contribution is 2.52. The molecule has 6 nitrogen and oxygen atoms in total. The normalized spacial score (nSPS) is 18.4. The number of nitrogens with two attached hydrogens (primary N) is 1. The van der Waals surface area contributed by atoms with Gasteiger partial charge >= 0.3 is 0 Å². The summed E-state index contributed by atoms with van der Waals surface area (Å²) in [5.41, 5.74) is 12.3. The second kappa shape index (κ2) is 9.21. The standard InChI is InChI=1S/C27H27ClFN5O.ClH/c1-16-24(19-4-3-5-21(29)23(19)28)34-22(8-11-31-34)26(32-16)33-12-9-27(10-13-33)15-17-6-7-18(35-2)14-20(17)25(27)30;/h3-8,11,14,25H,9-10,12-13,15,30H2,1-2H3;1H/t25-;/m1./s1. The molecule has 4 aromatic rings. The average Bonchev–Trinajstić information content (AvgIpc) is 3.45. The number of benzene rings is 2. The minimum absolute atomic E-state index is 0. The highest BCUT2D eigenvalue weighted by atomic mass is 35.5. The van der Waals surface area contributed by atoms with Crippen molar-refractivity contribution >= 4 is 35.3 Å². The van der Waals surface area contributed by atoms with Crippen molar-refractivity contribution in [1.29, 1.82) is 0 Å². The lowest BCUT2D eigenvalue weighted by Gasteiger charge is -2.42. The van der Waals surface area contributed by atoms with Crippen molar-refractivity contribution in [2.75, 3.05) is 25.1 Å². The third-order valence-corrected chi connectivity index (χ3v) is 8.24. The Morgan fingerprint density at radius 2 is 1.94 bits per heavy atom. The van der Waals surface area contributed by atoms with E-state index in [-0.39, 0.29) is 28.9 Å². The maximum atomic E-state index is 14.2. The van der Waals surface area contributed by atoms with Crippen molar-refractivity contribution in [2.45, 2.75) is 32.2 Å². The Kier molecular flexibility index (Phi) is 6.35. The molecule has 2 aromatic carbocycles. The summed E-state index contributed by atoms with van der Waals surface area (Å²) < 4.78 is 21.5. The number of nitrogens with zero attached hydrogens (tertiary/aromatic N) is 4. The molecule has 1 saturated heterocycles. The van der Waals surface area contributed by atoms with Crippen LogP contribution in [-0.4, -0.2) is 34.8 Å². The zero-order valence-electron chi connectivity index (χ0n) is 20.2. The molecule has 9 heteroatoms. The SMILES string of the molecule is COc1ccc2c(c1)[C@@H](N)C1(CCN(c3nc(C)c(-c4cccc(F)c4Cl)n4nccc34)CC1)C2.Cl. The number of rotatable bonds is 3. The molecule has 36 heavy (non-hydrogen) atoms. The minimum atomic E-state index is -0.458. The van der Waals surface area contributed by atoms with E-state index < -0.39 is 5.82 Å². The molecule has 0 saturated carbocycles. The van der Waals surface area contributed by atoms with Gasteiger partial charge < -0.3 is 15.4 Å². The quantitative estimate of drug-likeness (QED) is 0.366. The molecule has 1 aliphatic carbocycles. The van der Waals surface area contributed by atoms with Crippen LogP contribution in [0.4, 0.5) is 10.2 Å². The van der Waals surface area contributed by atoms with Crippen LogP contribution in [0.2, 0.25) is 5.02 Å². The van der Waals surface area contributed by atoms with E-state index in [0.29, 0.717) is 11.3 Å². The van der Waals surface area contributed by atoms with Crippen LogP contribution in [0.1, 0.15) is 35.7 Å². The van der Waals surface area contributed by atoms with Gasteiger partial charge in [-0.3, -0.25) is 0 Å². The number of halogens is 3. The van der Waals surface area contributed by atoms with E-state index in [1.165, 1.54) is 17.2 Å². The lowest BCUT2D eigenvalue weighted by Crippen LogP contribution is -2.44. The van der Waals surface area contributed by atoms with Gasteiger partial charge in [-0.2, -0.15) is 5.10 Å². The smallest absolute Gasteiger partial charge is 0.155 e. The van der Waals surface area contributed by atoms with E-state index in [1.807, 2.05) is 23.6 Å². The van der Waals surface area contributed by atoms with Crippen LogP contribution < -0.4 is 15.4 Å². The fraction of sp³-hybridized carbons (Fsp3) is 0.333. The monoisotopic (exact) mass is 527 g/mol. The number of ether oxygens (including phenoxy) is 1. The molecule has 0 unspecified atom stereocenters. The third kappa shape index (κ3) is 3.72. The van der Waals surface area contributed by atoms with Gasteiger partial charge in [0.25, 0.3) is 0 Å². The molecule has 6 rings (SSSR count). The summed E-state index contributed by atoms with van der Waals surface area (Å²) >= 11 is 6.32. The minimum Gasteiger partial charge on any atom is -0.497 e. The highest BCUT2D eigenvalue weighted by Gasteiger charge is 2.46. The molecule has 1 spiro atoms. The van der Waals surface area contributed by atoms with E-state index in [1.54, 1.807) is 25.4 Å². The van der Waals surface area contributed by atoms with Crippen molar-refractivity contribution in [3.05, 3.63) is 76.3 Å². The van der Waals surface area contributed by atoms with Gasteiger partial charge in [0.2, 0.25) is 0 Å². The van der Waals surface area contributed by atoms with Gasteiger partial charge in [0.05, 0.1) is 29.7 Å². The van der Waals surface area contributed by atoms with Crippen LogP contribution >= 0.6 is 24.0 Å². The van der Waals surface area contributed by atoms with Gasteiger partial charge in [0.15, 0.2) is 5.82 Å². The highest BCUT2D eigenvalue weighted by molar-refractivity contribution is 6.33. The maximum absolute atomic E-state index is 14.2. The number of aromatic nitrogens is 3. The van der Waals surface area contributed by atoms with Crippen LogP contribution in [-0.2, 0) is 6.42 Å². The molecule has 0 bridgehead atoms. The van der Waals surface area contributed by atoms with E-state index >= 15 is 0 Å². The second-order valence-corrected chi connectivity index (χ2v) is 10.0. The van der Waals surface area contributed by atoms with Gasteiger partial charge in [0, 0.05) is 24.7 Å². The first-order valence-corrected chi connectivity index (χ1v) is 12.3. The fourth-order valence-electron chi connectivity index (χ4n) is 5.92. The number of hydrogen-bond acceptors (Lipinski definition) is 5. The summed E-state index contributed by atoms with van der Waals surface area (Å²) in [6, 6.07) is 13.0. The van der Waals surface area contributed by atoms with Gasteiger partial charge in [0.1, 0.15) is 17.1 Å². The van der Waals surface area contributed by atoms with Gasteiger partial charge in [-0.05, 0) is 67.0 Å². The van der Waals surface area contributed by atoms with Crippen LogP contribution in [0.5, 0.6) is 5.75 Å². The molecule has 2 N–H and O–H groups in total. The second-order valence-electron chi connectivity index (χ2n) is 9.67. The molecule has 0 amide bonds. The number of hydrogen-bond donors (Lipinski definition) is 1. The largest absolute Gasteiger partial charge is 0.497 e. The van der Waals surface area contributed by atoms with Crippen molar-refractivity contribution in [2.24, 2.45) is 11.1 Å². The predicted molar refractivity (Wildman–Crippen MR) is 143 cm³/mol. The summed E-state index contributed by atoms with van der Waals surface area (Å²) in [6.45, 7) is 3.63. The Balaban J connectivity index is 0.00000267. The number of methoxy groups -OCH3 is 1. The summed E-state index contributed by atoms with van der Waals surface area (Å²) in [5, 5.41) is 4.62.